The number of piperidine rings is 1. The molecule has 3 N–H and O–H groups in total. The van der Waals surface area contributed by atoms with Crippen molar-refractivity contribution in [1.82, 2.24) is 15.1 Å². The highest BCUT2D eigenvalue weighted by molar-refractivity contribution is 5.81. The van der Waals surface area contributed by atoms with Gasteiger partial charge in [-0.1, -0.05) is 12.1 Å². The second kappa shape index (κ2) is 8.41. The number of aromatic nitrogens is 2. The highest BCUT2D eigenvalue weighted by Crippen LogP contribution is 2.22. The van der Waals surface area contributed by atoms with E-state index in [-0.39, 0.29) is 6.61 Å². The molecule has 0 saturated carbocycles. The molecular formula is C21H26N4O2. The third-order valence-electron chi connectivity index (χ3n) is 5.01. The van der Waals surface area contributed by atoms with Gasteiger partial charge in [0.1, 0.15) is 12.4 Å². The Balaban J connectivity index is 1.33. The number of H-pyrrole nitrogens is 1. The van der Waals surface area contributed by atoms with Crippen molar-refractivity contribution in [3.05, 3.63) is 54.2 Å². The monoisotopic (exact) mass is 366 g/mol. The molecule has 0 amide bonds. The van der Waals surface area contributed by atoms with Crippen LogP contribution in [0.3, 0.4) is 0 Å². The summed E-state index contributed by atoms with van der Waals surface area (Å²) in [4.78, 5) is 2.50. The Morgan fingerprint density at radius 3 is 2.96 bits per heavy atom. The van der Waals surface area contributed by atoms with Gasteiger partial charge in [0.05, 0.1) is 18.3 Å². The molecule has 6 nitrogen and oxygen atoms in total. The van der Waals surface area contributed by atoms with Crippen molar-refractivity contribution in [1.29, 1.82) is 0 Å². The molecule has 2 heterocycles. The lowest BCUT2D eigenvalue weighted by atomic mass is 10.0. The van der Waals surface area contributed by atoms with Gasteiger partial charge in [-0.25, -0.2) is 0 Å². The van der Waals surface area contributed by atoms with Gasteiger partial charge in [0.15, 0.2) is 0 Å². The minimum Gasteiger partial charge on any atom is -0.491 e. The summed E-state index contributed by atoms with van der Waals surface area (Å²) < 4.78 is 5.43. The average molecular weight is 366 g/mol. The molecule has 6 heteroatoms. The molecule has 0 bridgehead atoms. The van der Waals surface area contributed by atoms with E-state index in [2.05, 4.69) is 50.7 Å². The van der Waals surface area contributed by atoms with Crippen molar-refractivity contribution in [2.45, 2.75) is 25.4 Å². The molecule has 1 unspecified atom stereocenters. The molecule has 4 rings (SSSR count). The van der Waals surface area contributed by atoms with Crippen LogP contribution in [0.25, 0.3) is 10.9 Å². The number of nitrogens with one attached hydrogen (secondary N) is 2. The number of anilines is 1. The van der Waals surface area contributed by atoms with E-state index in [1.54, 1.807) is 0 Å². The number of hydrogen-bond acceptors (Lipinski definition) is 5. The predicted octanol–water partition coefficient (Wildman–Crippen LogP) is 3.01. The summed E-state index contributed by atoms with van der Waals surface area (Å²) in [5.74, 6) is 0.806. The number of aromatic amines is 1. The van der Waals surface area contributed by atoms with Crippen LogP contribution >= 0.6 is 0 Å². The number of likely N-dealkylation sites (tertiary alicyclic amines) is 1. The first-order valence-corrected chi connectivity index (χ1v) is 9.55. The summed E-state index contributed by atoms with van der Waals surface area (Å²) in [5, 5.41) is 20.7. The van der Waals surface area contributed by atoms with E-state index in [4.69, 9.17) is 9.84 Å². The van der Waals surface area contributed by atoms with E-state index in [9.17, 15) is 0 Å². The fourth-order valence-corrected chi connectivity index (χ4v) is 3.70. The van der Waals surface area contributed by atoms with Gasteiger partial charge in [-0.15, -0.1) is 0 Å². The molecule has 1 fully saturated rings. The molecule has 1 saturated heterocycles. The fraction of sp³-hybridized carbons (Fsp3) is 0.381. The van der Waals surface area contributed by atoms with Crippen molar-refractivity contribution < 1.29 is 9.84 Å². The number of hydrogen-bond donors (Lipinski definition) is 3. The van der Waals surface area contributed by atoms with Crippen molar-refractivity contribution in [2.75, 3.05) is 31.6 Å². The van der Waals surface area contributed by atoms with Crippen LogP contribution in [-0.4, -0.2) is 52.5 Å². The second-order valence-electron chi connectivity index (χ2n) is 7.11. The molecule has 1 aliphatic rings. The van der Waals surface area contributed by atoms with Gasteiger partial charge in [0.25, 0.3) is 0 Å². The number of rotatable bonds is 7. The predicted molar refractivity (Wildman–Crippen MR) is 107 cm³/mol. The fourth-order valence-electron chi connectivity index (χ4n) is 3.70. The molecule has 27 heavy (non-hydrogen) atoms. The van der Waals surface area contributed by atoms with Gasteiger partial charge in [0.2, 0.25) is 0 Å². The van der Waals surface area contributed by atoms with Gasteiger partial charge in [0, 0.05) is 30.2 Å². The van der Waals surface area contributed by atoms with Crippen molar-refractivity contribution >= 4 is 16.6 Å². The molecule has 3 aromatic rings. The Kier molecular flexibility index (Phi) is 5.55. The lowest BCUT2D eigenvalue weighted by molar-refractivity contribution is 0.200. The smallest absolute Gasteiger partial charge is 0.119 e. The maximum atomic E-state index is 8.83. The molecule has 142 valence electrons. The van der Waals surface area contributed by atoms with Crippen LogP contribution in [0.5, 0.6) is 5.75 Å². The lowest BCUT2D eigenvalue weighted by Gasteiger charge is -2.33. The average Bonchev–Trinajstić information content (AvgIpc) is 3.16. The molecule has 2 aromatic carbocycles. The molecule has 1 aliphatic heterocycles. The van der Waals surface area contributed by atoms with Crippen LogP contribution in [0.2, 0.25) is 0 Å². The van der Waals surface area contributed by atoms with Crippen LogP contribution in [0.4, 0.5) is 5.69 Å². The Morgan fingerprint density at radius 2 is 2.11 bits per heavy atom. The maximum Gasteiger partial charge on any atom is 0.119 e. The highest BCUT2D eigenvalue weighted by atomic mass is 16.5. The molecule has 1 aromatic heterocycles. The second-order valence-corrected chi connectivity index (χ2v) is 7.11. The minimum absolute atomic E-state index is 0.0391. The SMILES string of the molecule is OCCOc1ccc(CN2CCCC(Nc3ccc4[nH]ncc4c3)C2)cc1. The highest BCUT2D eigenvalue weighted by Gasteiger charge is 2.20. The molecule has 0 aliphatic carbocycles. The van der Waals surface area contributed by atoms with Crippen LogP contribution in [-0.2, 0) is 6.54 Å². The van der Waals surface area contributed by atoms with Gasteiger partial charge < -0.3 is 15.2 Å². The largest absolute Gasteiger partial charge is 0.491 e. The summed E-state index contributed by atoms with van der Waals surface area (Å²) in [6, 6.07) is 15.0. The Labute approximate surface area is 159 Å². The maximum absolute atomic E-state index is 8.83. The first kappa shape index (κ1) is 17.8. The van der Waals surface area contributed by atoms with Gasteiger partial charge in [-0.3, -0.25) is 10.00 Å². The number of fused-ring (bicyclic) bond motifs is 1. The summed E-state index contributed by atoms with van der Waals surface area (Å²) in [7, 11) is 0. The molecule has 0 spiro atoms. The Hall–Kier alpha value is -2.57. The van der Waals surface area contributed by atoms with Crippen LogP contribution in [0, 0.1) is 0 Å². The van der Waals surface area contributed by atoms with Gasteiger partial charge >= 0.3 is 0 Å². The zero-order chi connectivity index (χ0) is 18.5. The molecular weight excluding hydrogens is 340 g/mol. The first-order valence-electron chi connectivity index (χ1n) is 9.55. The van der Waals surface area contributed by atoms with Crippen molar-refractivity contribution in [3.8, 4) is 5.75 Å². The van der Waals surface area contributed by atoms with E-state index in [1.165, 1.54) is 18.4 Å². The van der Waals surface area contributed by atoms with Crippen molar-refractivity contribution in [3.63, 3.8) is 0 Å². The lowest BCUT2D eigenvalue weighted by Crippen LogP contribution is -2.41. The summed E-state index contributed by atoms with van der Waals surface area (Å²) >= 11 is 0. The summed E-state index contributed by atoms with van der Waals surface area (Å²) in [5.41, 5.74) is 3.50. The first-order chi connectivity index (χ1) is 13.3. The standard InChI is InChI=1S/C21H26N4O2/c26-10-11-27-20-6-3-16(4-7-20)14-25-9-1-2-19(15-25)23-18-5-8-21-17(12-18)13-22-24-21/h3-8,12-13,19,23,26H,1-2,9-11,14-15H2,(H,22,24). The minimum atomic E-state index is 0.0391. The van der Waals surface area contributed by atoms with Gasteiger partial charge in [-0.2, -0.15) is 5.10 Å². The quantitative estimate of drug-likeness (QED) is 0.599. The van der Waals surface area contributed by atoms with Crippen LogP contribution in [0.15, 0.2) is 48.7 Å². The number of benzene rings is 2. The zero-order valence-corrected chi connectivity index (χ0v) is 15.4. The third-order valence-corrected chi connectivity index (χ3v) is 5.01. The van der Waals surface area contributed by atoms with E-state index in [0.717, 1.165) is 42.0 Å². The van der Waals surface area contributed by atoms with E-state index < -0.39 is 0 Å². The van der Waals surface area contributed by atoms with Crippen LogP contribution in [0.1, 0.15) is 18.4 Å². The Morgan fingerprint density at radius 1 is 1.22 bits per heavy atom. The number of aliphatic hydroxyl groups excluding tert-OH is 1. The van der Waals surface area contributed by atoms with E-state index in [0.29, 0.717) is 12.6 Å². The Bertz CT molecular complexity index is 862. The molecule has 0 radical (unpaired) electrons. The number of nitrogens with zero attached hydrogens (tertiary/aromatic N) is 2. The van der Waals surface area contributed by atoms with Crippen molar-refractivity contribution in [2.24, 2.45) is 0 Å². The normalized spacial score (nSPS) is 17.9. The zero-order valence-electron chi connectivity index (χ0n) is 15.4. The number of aliphatic hydroxyl groups is 1. The summed E-state index contributed by atoms with van der Waals surface area (Å²) in [6.07, 6.45) is 4.25. The van der Waals surface area contributed by atoms with Crippen LogP contribution < -0.4 is 10.1 Å². The number of ether oxygens (including phenoxy) is 1. The topological polar surface area (TPSA) is 73.4 Å². The van der Waals surface area contributed by atoms with E-state index in [1.807, 2.05) is 18.3 Å². The molecule has 1 atom stereocenters. The summed E-state index contributed by atoms with van der Waals surface area (Å²) in [6.45, 7) is 3.48. The third kappa shape index (κ3) is 4.59. The van der Waals surface area contributed by atoms with E-state index >= 15 is 0 Å². The van der Waals surface area contributed by atoms with Gasteiger partial charge in [-0.05, 0) is 55.3 Å².